The van der Waals surface area contributed by atoms with E-state index in [1.165, 1.54) is 0 Å². The van der Waals surface area contributed by atoms with Gasteiger partial charge in [-0.25, -0.2) is 9.97 Å². The van der Waals surface area contributed by atoms with Gasteiger partial charge in [0.15, 0.2) is 0 Å². The summed E-state index contributed by atoms with van der Waals surface area (Å²) in [5.74, 6) is 0.513. The van der Waals surface area contributed by atoms with E-state index in [-0.39, 0.29) is 17.5 Å². The van der Waals surface area contributed by atoms with Crippen LogP contribution in [0.15, 0.2) is 41.5 Å². The second-order valence-corrected chi connectivity index (χ2v) is 7.29. The number of nitrogens with zero attached hydrogens (tertiary/aromatic N) is 5. The molecule has 0 radical (unpaired) electrons. The second-order valence-electron chi connectivity index (χ2n) is 7.29. The van der Waals surface area contributed by atoms with Crippen molar-refractivity contribution in [3.8, 4) is 11.3 Å². The van der Waals surface area contributed by atoms with Crippen LogP contribution in [0.3, 0.4) is 0 Å². The lowest BCUT2D eigenvalue weighted by Crippen LogP contribution is -2.60. The molecule has 1 fully saturated rings. The fourth-order valence-electron chi connectivity index (χ4n) is 3.07. The fourth-order valence-corrected chi connectivity index (χ4v) is 3.07. The number of carbonyl (C=O) groups excluding carboxylic acids is 1. The highest BCUT2D eigenvalue weighted by Crippen LogP contribution is 2.23. The van der Waals surface area contributed by atoms with E-state index in [0.717, 1.165) is 12.1 Å². The SMILES string of the molecule is CNc1nccc(-c2c[nH]c(=O)c(N(C)C3CN(C(=O)/C=C/CN(C)C)C3)c2)n1. The van der Waals surface area contributed by atoms with Crippen molar-refractivity contribution in [2.75, 3.05) is 58.0 Å². The molecule has 2 aromatic rings. The minimum Gasteiger partial charge on any atom is -0.364 e. The maximum atomic E-state index is 12.4. The van der Waals surface area contributed by atoms with Gasteiger partial charge in [-0.15, -0.1) is 0 Å². The molecule has 29 heavy (non-hydrogen) atoms. The van der Waals surface area contributed by atoms with E-state index in [1.807, 2.05) is 43.1 Å². The van der Waals surface area contributed by atoms with E-state index in [2.05, 4.69) is 20.3 Å². The van der Waals surface area contributed by atoms with Crippen molar-refractivity contribution in [1.29, 1.82) is 0 Å². The summed E-state index contributed by atoms with van der Waals surface area (Å²) in [6, 6.07) is 3.71. The first-order chi connectivity index (χ1) is 13.9. The van der Waals surface area contributed by atoms with Crippen LogP contribution in [0.2, 0.25) is 0 Å². The number of aromatic amines is 1. The molecular formula is C20H27N7O2. The van der Waals surface area contributed by atoms with E-state index in [9.17, 15) is 9.59 Å². The van der Waals surface area contributed by atoms with Crippen molar-refractivity contribution >= 4 is 17.5 Å². The minimum absolute atomic E-state index is 0.000240. The standard InChI is InChI=1S/C20H27N7O2/c1-21-20-22-8-7-16(24-20)14-10-17(19(29)23-11-14)26(4)15-12-27(13-15)18(28)6-5-9-25(2)3/h5-8,10-11,15H,9,12-13H2,1-4H3,(H,23,29)(H,21,22,24)/b6-5+. The lowest BCUT2D eigenvalue weighted by atomic mass is 10.1. The van der Waals surface area contributed by atoms with Gasteiger partial charge >= 0.3 is 0 Å². The van der Waals surface area contributed by atoms with Crippen LogP contribution in [0, 0.1) is 0 Å². The maximum Gasteiger partial charge on any atom is 0.271 e. The molecule has 1 aliphatic rings. The second kappa shape index (κ2) is 8.87. The largest absolute Gasteiger partial charge is 0.364 e. The van der Waals surface area contributed by atoms with Gasteiger partial charge in [0, 0.05) is 57.8 Å². The monoisotopic (exact) mass is 397 g/mol. The van der Waals surface area contributed by atoms with Crippen molar-refractivity contribution < 1.29 is 4.79 Å². The number of likely N-dealkylation sites (tertiary alicyclic amines) is 1. The van der Waals surface area contributed by atoms with Crippen molar-refractivity contribution in [3.05, 3.63) is 47.0 Å². The highest BCUT2D eigenvalue weighted by molar-refractivity contribution is 5.88. The first kappa shape index (κ1) is 20.5. The average molecular weight is 397 g/mol. The number of H-pyrrole nitrogens is 1. The van der Waals surface area contributed by atoms with Crippen LogP contribution in [0.1, 0.15) is 0 Å². The predicted molar refractivity (Wildman–Crippen MR) is 114 cm³/mol. The first-order valence-electron chi connectivity index (χ1n) is 9.46. The topological polar surface area (TPSA) is 97.5 Å². The molecule has 0 bridgehead atoms. The Balaban J connectivity index is 1.69. The normalized spacial score (nSPS) is 14.3. The highest BCUT2D eigenvalue weighted by atomic mass is 16.2. The number of hydrogen-bond donors (Lipinski definition) is 2. The zero-order chi connectivity index (χ0) is 21.0. The van der Waals surface area contributed by atoms with Crippen molar-refractivity contribution in [2.45, 2.75) is 6.04 Å². The van der Waals surface area contributed by atoms with Gasteiger partial charge in [0.2, 0.25) is 11.9 Å². The van der Waals surface area contributed by atoms with Gasteiger partial charge in [-0.2, -0.15) is 0 Å². The van der Waals surface area contributed by atoms with E-state index >= 15 is 0 Å². The van der Waals surface area contributed by atoms with Gasteiger partial charge in [-0.3, -0.25) is 9.59 Å². The molecule has 9 nitrogen and oxygen atoms in total. The molecular weight excluding hydrogens is 370 g/mol. The van der Waals surface area contributed by atoms with Crippen molar-refractivity contribution in [1.82, 2.24) is 24.8 Å². The molecule has 1 saturated heterocycles. The highest BCUT2D eigenvalue weighted by Gasteiger charge is 2.33. The van der Waals surface area contributed by atoms with Crippen LogP contribution >= 0.6 is 0 Å². The summed E-state index contributed by atoms with van der Waals surface area (Å²) in [5, 5.41) is 2.91. The minimum atomic E-state index is -0.171. The fraction of sp³-hybridized carbons (Fsp3) is 0.400. The quantitative estimate of drug-likeness (QED) is 0.662. The van der Waals surface area contributed by atoms with E-state index in [0.29, 0.717) is 30.4 Å². The van der Waals surface area contributed by atoms with Crippen LogP contribution in [-0.4, -0.2) is 84.5 Å². The lowest BCUT2D eigenvalue weighted by molar-refractivity contribution is -0.130. The first-order valence-corrected chi connectivity index (χ1v) is 9.46. The zero-order valence-corrected chi connectivity index (χ0v) is 17.2. The number of anilines is 2. The third-order valence-corrected chi connectivity index (χ3v) is 4.89. The Labute approximate surface area is 170 Å². The van der Waals surface area contributed by atoms with Crippen LogP contribution in [-0.2, 0) is 4.79 Å². The molecule has 0 aliphatic carbocycles. The number of aromatic nitrogens is 3. The number of nitrogens with one attached hydrogen (secondary N) is 2. The number of likely N-dealkylation sites (N-methyl/N-ethyl adjacent to an activating group) is 2. The summed E-state index contributed by atoms with van der Waals surface area (Å²) in [5.41, 5.74) is 1.89. The van der Waals surface area contributed by atoms with E-state index in [1.54, 1.807) is 36.5 Å². The summed E-state index contributed by atoms with van der Waals surface area (Å²) in [6.45, 7) is 1.90. The van der Waals surface area contributed by atoms with Crippen LogP contribution in [0.5, 0.6) is 0 Å². The van der Waals surface area contributed by atoms with Crippen LogP contribution in [0.4, 0.5) is 11.6 Å². The van der Waals surface area contributed by atoms with Crippen molar-refractivity contribution in [2.24, 2.45) is 0 Å². The third kappa shape index (κ3) is 4.80. The summed E-state index contributed by atoms with van der Waals surface area (Å²) in [7, 11) is 7.54. The van der Waals surface area contributed by atoms with Gasteiger partial charge in [-0.05, 0) is 26.2 Å². The molecule has 0 spiro atoms. The molecule has 2 N–H and O–H groups in total. The van der Waals surface area contributed by atoms with Gasteiger partial charge in [0.25, 0.3) is 5.56 Å². The predicted octanol–water partition coefficient (Wildman–Crippen LogP) is 0.638. The Morgan fingerprint density at radius 1 is 1.38 bits per heavy atom. The third-order valence-electron chi connectivity index (χ3n) is 4.89. The number of rotatable bonds is 7. The average Bonchev–Trinajstić information content (AvgIpc) is 2.66. The number of pyridine rings is 1. The van der Waals surface area contributed by atoms with Gasteiger partial charge in [-0.1, -0.05) is 6.08 Å². The molecule has 1 amide bonds. The number of amides is 1. The summed E-state index contributed by atoms with van der Waals surface area (Å²) >= 11 is 0. The zero-order valence-electron chi connectivity index (χ0n) is 17.2. The molecule has 3 heterocycles. The molecule has 0 saturated carbocycles. The van der Waals surface area contributed by atoms with Gasteiger partial charge in [0.05, 0.1) is 11.7 Å². The molecule has 3 rings (SSSR count). The molecule has 154 valence electrons. The Morgan fingerprint density at radius 3 is 2.83 bits per heavy atom. The molecule has 0 aromatic carbocycles. The Bertz CT molecular complexity index is 948. The maximum absolute atomic E-state index is 12.4. The summed E-state index contributed by atoms with van der Waals surface area (Å²) in [4.78, 5) is 41.6. The summed E-state index contributed by atoms with van der Waals surface area (Å²) < 4.78 is 0. The molecule has 0 atom stereocenters. The van der Waals surface area contributed by atoms with Crippen molar-refractivity contribution in [3.63, 3.8) is 0 Å². The van der Waals surface area contributed by atoms with Gasteiger partial charge < -0.3 is 25.0 Å². The summed E-state index contributed by atoms with van der Waals surface area (Å²) in [6.07, 6.45) is 6.78. The molecule has 2 aromatic heterocycles. The number of carbonyl (C=O) groups is 1. The Hall–Kier alpha value is -3.20. The Morgan fingerprint density at radius 2 is 2.14 bits per heavy atom. The van der Waals surface area contributed by atoms with Crippen LogP contribution in [0.25, 0.3) is 11.3 Å². The molecule has 0 unspecified atom stereocenters. The van der Waals surface area contributed by atoms with E-state index in [4.69, 9.17) is 0 Å². The number of hydrogen-bond acceptors (Lipinski definition) is 7. The van der Waals surface area contributed by atoms with E-state index < -0.39 is 0 Å². The molecule has 9 heteroatoms. The Kier molecular flexibility index (Phi) is 6.28. The van der Waals surface area contributed by atoms with Crippen LogP contribution < -0.4 is 15.8 Å². The smallest absolute Gasteiger partial charge is 0.271 e. The lowest BCUT2D eigenvalue weighted by Gasteiger charge is -2.44. The van der Waals surface area contributed by atoms with Gasteiger partial charge in [0.1, 0.15) is 5.69 Å². The molecule has 1 aliphatic heterocycles.